The fourth-order valence-electron chi connectivity index (χ4n) is 4.26. The summed E-state index contributed by atoms with van der Waals surface area (Å²) in [5.41, 5.74) is 2.62. The molecule has 34 heavy (non-hydrogen) atoms. The minimum atomic E-state index is -3.89. The summed E-state index contributed by atoms with van der Waals surface area (Å²) in [4.78, 5) is 15.4. The molecule has 0 spiro atoms. The summed E-state index contributed by atoms with van der Waals surface area (Å²) < 4.78 is 27.7. The van der Waals surface area contributed by atoms with Crippen LogP contribution in [0, 0.1) is 5.92 Å². The van der Waals surface area contributed by atoms with Crippen LogP contribution in [0.25, 0.3) is 0 Å². The molecule has 0 bridgehead atoms. The molecule has 1 heterocycles. The minimum Gasteiger partial charge on any atom is -0.371 e. The molecule has 1 atom stereocenters. The lowest BCUT2D eigenvalue weighted by atomic mass is 9.99. The van der Waals surface area contributed by atoms with Crippen LogP contribution in [0.1, 0.15) is 25.3 Å². The molecule has 7 heteroatoms. The molecule has 1 aliphatic heterocycles. The van der Waals surface area contributed by atoms with Crippen LogP contribution in [0.15, 0.2) is 89.8 Å². The van der Waals surface area contributed by atoms with E-state index in [1.165, 1.54) is 30.7 Å². The van der Waals surface area contributed by atoms with Crippen molar-refractivity contribution in [2.24, 2.45) is 5.92 Å². The maximum Gasteiger partial charge on any atom is 0.264 e. The Morgan fingerprint density at radius 2 is 1.62 bits per heavy atom. The summed E-state index contributed by atoms with van der Waals surface area (Å²) in [6.07, 6.45) is 2.49. The van der Waals surface area contributed by atoms with Gasteiger partial charge in [0, 0.05) is 25.3 Å². The van der Waals surface area contributed by atoms with Crippen molar-refractivity contribution in [3.8, 4) is 0 Å². The summed E-state index contributed by atoms with van der Waals surface area (Å²) in [5.74, 6) is 0.338. The van der Waals surface area contributed by atoms with Crippen molar-refractivity contribution in [3.63, 3.8) is 0 Å². The minimum absolute atomic E-state index is 0.147. The number of carbonyl (C=O) groups excluding carboxylic acids is 1. The Bertz CT molecular complexity index is 1180. The van der Waals surface area contributed by atoms with Crippen LogP contribution in [0.2, 0.25) is 0 Å². The standard InChI is InChI=1S/C27H31N3O3S/c1-22-9-8-18-29(20-22)24-16-14-23(15-17-24)19-28-27(31)21-30(25-10-4-2-5-11-25)34(32,33)26-12-6-3-7-13-26/h2-7,10-17,22H,8-9,18-21H2,1H3,(H,28,31). The van der Waals surface area contributed by atoms with E-state index in [1.54, 1.807) is 42.5 Å². The van der Waals surface area contributed by atoms with E-state index in [0.29, 0.717) is 18.2 Å². The van der Waals surface area contributed by atoms with Gasteiger partial charge in [-0.25, -0.2) is 8.42 Å². The summed E-state index contributed by atoms with van der Waals surface area (Å²) in [5, 5.41) is 2.87. The van der Waals surface area contributed by atoms with Crippen molar-refractivity contribution < 1.29 is 13.2 Å². The van der Waals surface area contributed by atoms with E-state index in [9.17, 15) is 13.2 Å². The van der Waals surface area contributed by atoms with Crippen molar-refractivity contribution >= 4 is 27.3 Å². The molecule has 1 amide bonds. The number of nitrogens with one attached hydrogen (secondary N) is 1. The van der Waals surface area contributed by atoms with Gasteiger partial charge in [0.05, 0.1) is 10.6 Å². The Labute approximate surface area is 202 Å². The average Bonchev–Trinajstić information content (AvgIpc) is 2.87. The molecular weight excluding hydrogens is 446 g/mol. The highest BCUT2D eigenvalue weighted by Crippen LogP contribution is 2.24. The molecule has 1 N–H and O–H groups in total. The van der Waals surface area contributed by atoms with Gasteiger partial charge in [0.25, 0.3) is 10.0 Å². The van der Waals surface area contributed by atoms with Crippen molar-refractivity contribution in [1.82, 2.24) is 5.32 Å². The van der Waals surface area contributed by atoms with Gasteiger partial charge in [-0.2, -0.15) is 0 Å². The second-order valence-electron chi connectivity index (χ2n) is 8.80. The lowest BCUT2D eigenvalue weighted by Crippen LogP contribution is -2.40. The van der Waals surface area contributed by atoms with Crippen molar-refractivity contribution in [1.29, 1.82) is 0 Å². The Kier molecular flexibility index (Phi) is 7.53. The predicted molar refractivity (Wildman–Crippen MR) is 136 cm³/mol. The number of anilines is 2. The zero-order chi connectivity index (χ0) is 24.0. The fraction of sp³-hybridized carbons (Fsp3) is 0.296. The van der Waals surface area contributed by atoms with Gasteiger partial charge in [-0.15, -0.1) is 0 Å². The first-order valence-corrected chi connectivity index (χ1v) is 13.1. The molecule has 178 valence electrons. The second-order valence-corrected chi connectivity index (χ2v) is 10.7. The van der Waals surface area contributed by atoms with Gasteiger partial charge < -0.3 is 10.2 Å². The number of nitrogens with zero attached hydrogens (tertiary/aromatic N) is 2. The molecule has 4 rings (SSSR count). The highest BCUT2D eigenvalue weighted by molar-refractivity contribution is 7.92. The molecular formula is C27H31N3O3S. The van der Waals surface area contributed by atoms with Gasteiger partial charge >= 0.3 is 0 Å². The Balaban J connectivity index is 1.42. The largest absolute Gasteiger partial charge is 0.371 e. The number of amides is 1. The third-order valence-electron chi connectivity index (χ3n) is 6.11. The van der Waals surface area contributed by atoms with Crippen molar-refractivity contribution in [2.75, 3.05) is 28.8 Å². The molecule has 0 aliphatic carbocycles. The Morgan fingerprint density at radius 3 is 2.26 bits per heavy atom. The van der Waals surface area contributed by atoms with Crippen LogP contribution in [0.3, 0.4) is 0 Å². The van der Waals surface area contributed by atoms with Crippen LogP contribution in [0.5, 0.6) is 0 Å². The molecule has 3 aromatic rings. The van der Waals surface area contributed by atoms with E-state index in [-0.39, 0.29) is 17.3 Å². The van der Waals surface area contributed by atoms with E-state index in [4.69, 9.17) is 0 Å². The molecule has 1 saturated heterocycles. The molecule has 1 unspecified atom stereocenters. The SMILES string of the molecule is CC1CCCN(c2ccc(CNC(=O)CN(c3ccccc3)S(=O)(=O)c3ccccc3)cc2)C1. The monoisotopic (exact) mass is 477 g/mol. The van der Waals surface area contributed by atoms with Crippen LogP contribution >= 0.6 is 0 Å². The number of benzene rings is 3. The number of hydrogen-bond acceptors (Lipinski definition) is 4. The zero-order valence-electron chi connectivity index (χ0n) is 19.4. The third kappa shape index (κ3) is 5.78. The van der Waals surface area contributed by atoms with Gasteiger partial charge in [0.15, 0.2) is 0 Å². The fourth-order valence-corrected chi connectivity index (χ4v) is 5.71. The van der Waals surface area contributed by atoms with Crippen LogP contribution in [0.4, 0.5) is 11.4 Å². The predicted octanol–water partition coefficient (Wildman–Crippen LogP) is 4.43. The van der Waals surface area contributed by atoms with Crippen LogP contribution in [-0.4, -0.2) is 34.0 Å². The molecule has 0 saturated carbocycles. The molecule has 6 nitrogen and oxygen atoms in total. The zero-order valence-corrected chi connectivity index (χ0v) is 20.2. The van der Waals surface area contributed by atoms with Crippen LogP contribution < -0.4 is 14.5 Å². The van der Waals surface area contributed by atoms with E-state index < -0.39 is 10.0 Å². The van der Waals surface area contributed by atoms with Crippen molar-refractivity contribution in [3.05, 3.63) is 90.5 Å². The second kappa shape index (κ2) is 10.7. The van der Waals surface area contributed by atoms with Gasteiger partial charge in [-0.05, 0) is 60.7 Å². The van der Waals surface area contributed by atoms with E-state index in [1.807, 2.05) is 18.2 Å². The normalized spacial score (nSPS) is 16.1. The number of para-hydroxylation sites is 1. The Morgan fingerprint density at radius 1 is 0.971 bits per heavy atom. The maximum absolute atomic E-state index is 13.3. The molecule has 0 aromatic heterocycles. The van der Waals surface area contributed by atoms with Gasteiger partial charge in [0.1, 0.15) is 6.54 Å². The topological polar surface area (TPSA) is 69.7 Å². The number of hydrogen-bond donors (Lipinski definition) is 1. The lowest BCUT2D eigenvalue weighted by Gasteiger charge is -2.32. The number of rotatable bonds is 8. The Hall–Kier alpha value is -3.32. The van der Waals surface area contributed by atoms with E-state index >= 15 is 0 Å². The van der Waals surface area contributed by atoms with Crippen LogP contribution in [-0.2, 0) is 21.4 Å². The molecule has 1 fully saturated rings. The quantitative estimate of drug-likeness (QED) is 0.521. The summed E-state index contributed by atoms with van der Waals surface area (Å²) >= 11 is 0. The first kappa shape index (κ1) is 23.8. The molecule has 3 aromatic carbocycles. The smallest absolute Gasteiger partial charge is 0.264 e. The number of piperidine rings is 1. The summed E-state index contributed by atoms with van der Waals surface area (Å²) in [6, 6.07) is 25.1. The van der Waals surface area contributed by atoms with Gasteiger partial charge in [-0.3, -0.25) is 9.10 Å². The average molecular weight is 478 g/mol. The maximum atomic E-state index is 13.3. The highest BCUT2D eigenvalue weighted by atomic mass is 32.2. The van der Waals surface area contributed by atoms with Gasteiger partial charge in [0.2, 0.25) is 5.91 Å². The van der Waals surface area contributed by atoms with Crippen molar-refractivity contribution in [2.45, 2.75) is 31.2 Å². The lowest BCUT2D eigenvalue weighted by molar-refractivity contribution is -0.119. The number of carbonyl (C=O) groups is 1. The summed E-state index contributed by atoms with van der Waals surface area (Å²) in [6.45, 7) is 4.47. The highest BCUT2D eigenvalue weighted by Gasteiger charge is 2.27. The molecule has 1 aliphatic rings. The van der Waals surface area contributed by atoms with E-state index in [2.05, 4.69) is 29.3 Å². The van der Waals surface area contributed by atoms with Gasteiger partial charge in [-0.1, -0.05) is 55.5 Å². The first-order valence-electron chi connectivity index (χ1n) is 11.7. The third-order valence-corrected chi connectivity index (χ3v) is 7.90. The van der Waals surface area contributed by atoms with E-state index in [0.717, 1.165) is 23.0 Å². The summed E-state index contributed by atoms with van der Waals surface area (Å²) in [7, 11) is -3.89. The first-order chi connectivity index (χ1) is 16.4. The number of sulfonamides is 1. The molecule has 0 radical (unpaired) electrons.